The molecular weight excluding hydrogens is 355 g/mol. The van der Waals surface area contributed by atoms with Gasteiger partial charge < -0.3 is 10.6 Å². The lowest BCUT2D eigenvalue weighted by molar-refractivity contribution is -0.120. The molecule has 2 aromatic rings. The van der Waals surface area contributed by atoms with Crippen LogP contribution in [0.25, 0.3) is 0 Å². The van der Waals surface area contributed by atoms with E-state index >= 15 is 0 Å². The second-order valence-electron chi connectivity index (χ2n) is 5.00. The third-order valence-corrected chi connectivity index (χ3v) is 4.94. The summed E-state index contributed by atoms with van der Waals surface area (Å²) in [7, 11) is 0. The van der Waals surface area contributed by atoms with E-state index in [1.54, 1.807) is 18.2 Å². The van der Waals surface area contributed by atoms with Crippen LogP contribution in [0.15, 0.2) is 47.4 Å². The number of carbonyl (C=O) groups is 2. The summed E-state index contributed by atoms with van der Waals surface area (Å²) in [6.45, 7) is 0. The Bertz CT molecular complexity index is 762. The number of hydrogen-bond donors (Lipinski definition) is 2. The molecule has 0 bridgehead atoms. The summed E-state index contributed by atoms with van der Waals surface area (Å²) in [4.78, 5) is 25.2. The van der Waals surface area contributed by atoms with Crippen LogP contribution in [0.5, 0.6) is 0 Å². The number of nitrogens with one attached hydrogen (secondary N) is 2. The molecule has 0 unspecified atom stereocenters. The van der Waals surface area contributed by atoms with Crippen LogP contribution in [0.2, 0.25) is 10.0 Å². The molecule has 118 valence electrons. The summed E-state index contributed by atoms with van der Waals surface area (Å²) < 4.78 is 0. The first kappa shape index (κ1) is 16.2. The van der Waals surface area contributed by atoms with E-state index in [0.717, 1.165) is 10.6 Å². The van der Waals surface area contributed by atoms with Gasteiger partial charge in [0.25, 0.3) is 0 Å². The van der Waals surface area contributed by atoms with Crippen LogP contribution in [0.1, 0.15) is 6.42 Å². The maximum absolute atomic E-state index is 12.2. The van der Waals surface area contributed by atoms with Crippen molar-refractivity contribution in [1.29, 1.82) is 0 Å². The largest absolute Gasteiger partial charge is 0.326 e. The zero-order chi connectivity index (χ0) is 16.4. The van der Waals surface area contributed by atoms with Crippen LogP contribution in [0.3, 0.4) is 0 Å². The highest BCUT2D eigenvalue weighted by atomic mass is 35.5. The molecule has 1 aliphatic rings. The standard InChI is InChI=1S/C16H12Cl2N2O2S/c17-9-5-10(18)7-11(6-9)19-15(21)8-14-16(22)20-12-3-1-2-4-13(12)23-14/h1-7,14H,8H2,(H,19,21)(H,20,22)/t14-/m0/s1. The van der Waals surface area contributed by atoms with E-state index in [4.69, 9.17) is 23.2 Å². The van der Waals surface area contributed by atoms with Gasteiger partial charge in [-0.3, -0.25) is 9.59 Å². The monoisotopic (exact) mass is 366 g/mol. The average molecular weight is 367 g/mol. The lowest BCUT2D eigenvalue weighted by Crippen LogP contribution is -2.32. The summed E-state index contributed by atoms with van der Waals surface area (Å²) in [5.74, 6) is -0.441. The molecule has 3 rings (SSSR count). The van der Waals surface area contributed by atoms with Gasteiger partial charge in [0.1, 0.15) is 0 Å². The second-order valence-corrected chi connectivity index (χ2v) is 7.12. The Hall–Kier alpha value is -1.69. The topological polar surface area (TPSA) is 58.2 Å². The van der Waals surface area contributed by atoms with E-state index in [9.17, 15) is 9.59 Å². The molecule has 1 aliphatic heterocycles. The zero-order valence-corrected chi connectivity index (χ0v) is 14.1. The zero-order valence-electron chi connectivity index (χ0n) is 11.8. The summed E-state index contributed by atoms with van der Waals surface area (Å²) in [5, 5.41) is 5.93. The molecule has 4 nitrogen and oxygen atoms in total. The number of para-hydroxylation sites is 1. The number of fused-ring (bicyclic) bond motifs is 1. The molecule has 0 aromatic heterocycles. The fraction of sp³-hybridized carbons (Fsp3) is 0.125. The highest BCUT2D eigenvalue weighted by Crippen LogP contribution is 2.36. The van der Waals surface area contributed by atoms with E-state index in [0.29, 0.717) is 15.7 Å². The number of halogens is 2. The molecule has 2 N–H and O–H groups in total. The minimum atomic E-state index is -0.473. The van der Waals surface area contributed by atoms with Crippen molar-refractivity contribution in [3.8, 4) is 0 Å². The molecule has 2 aromatic carbocycles. The Balaban J connectivity index is 1.67. The van der Waals surface area contributed by atoms with Crippen LogP contribution in [-0.2, 0) is 9.59 Å². The third-order valence-electron chi connectivity index (χ3n) is 3.22. The van der Waals surface area contributed by atoms with Gasteiger partial charge in [0.05, 0.1) is 10.9 Å². The lowest BCUT2D eigenvalue weighted by Gasteiger charge is -2.23. The van der Waals surface area contributed by atoms with Crippen LogP contribution in [0, 0.1) is 0 Å². The first-order valence-corrected chi connectivity index (χ1v) is 8.47. The van der Waals surface area contributed by atoms with Crippen molar-refractivity contribution in [2.45, 2.75) is 16.6 Å². The Morgan fingerprint density at radius 1 is 1.17 bits per heavy atom. The normalized spacial score (nSPS) is 16.4. The quantitative estimate of drug-likeness (QED) is 0.844. The predicted molar refractivity (Wildman–Crippen MR) is 94.4 cm³/mol. The molecule has 0 radical (unpaired) electrons. The van der Waals surface area contributed by atoms with E-state index in [1.807, 2.05) is 24.3 Å². The Morgan fingerprint density at radius 3 is 2.61 bits per heavy atom. The summed E-state index contributed by atoms with van der Waals surface area (Å²) >= 11 is 13.2. The first-order valence-electron chi connectivity index (χ1n) is 6.84. The number of rotatable bonds is 3. The van der Waals surface area contributed by atoms with Crippen molar-refractivity contribution in [1.82, 2.24) is 0 Å². The maximum Gasteiger partial charge on any atom is 0.238 e. The molecule has 0 fully saturated rings. The molecular formula is C16H12Cl2N2O2S. The van der Waals surface area contributed by atoms with Gasteiger partial charge in [-0.05, 0) is 30.3 Å². The smallest absolute Gasteiger partial charge is 0.238 e. The summed E-state index contributed by atoms with van der Waals surface area (Å²) in [6, 6.07) is 12.3. The molecule has 23 heavy (non-hydrogen) atoms. The van der Waals surface area contributed by atoms with Gasteiger partial charge in [-0.1, -0.05) is 35.3 Å². The van der Waals surface area contributed by atoms with E-state index in [1.165, 1.54) is 11.8 Å². The fourth-order valence-corrected chi connectivity index (χ4v) is 3.87. The molecule has 0 saturated carbocycles. The van der Waals surface area contributed by atoms with Crippen molar-refractivity contribution in [2.75, 3.05) is 10.6 Å². The van der Waals surface area contributed by atoms with Gasteiger partial charge in [0.15, 0.2) is 0 Å². The SMILES string of the molecule is O=C(C[C@@H]1Sc2ccccc2NC1=O)Nc1cc(Cl)cc(Cl)c1. The van der Waals surface area contributed by atoms with E-state index in [-0.39, 0.29) is 18.2 Å². The van der Waals surface area contributed by atoms with Gasteiger partial charge in [-0.25, -0.2) is 0 Å². The third kappa shape index (κ3) is 3.99. The molecule has 0 aliphatic carbocycles. The van der Waals surface area contributed by atoms with Crippen molar-refractivity contribution in [2.24, 2.45) is 0 Å². The second kappa shape index (κ2) is 6.83. The van der Waals surface area contributed by atoms with Crippen LogP contribution < -0.4 is 10.6 Å². The van der Waals surface area contributed by atoms with Crippen LogP contribution in [-0.4, -0.2) is 17.1 Å². The van der Waals surface area contributed by atoms with Crippen molar-refractivity contribution >= 4 is 58.2 Å². The molecule has 0 spiro atoms. The van der Waals surface area contributed by atoms with Crippen molar-refractivity contribution in [3.05, 3.63) is 52.5 Å². The molecule has 1 atom stereocenters. The molecule has 2 amide bonds. The maximum atomic E-state index is 12.2. The number of carbonyl (C=O) groups excluding carboxylic acids is 2. The lowest BCUT2D eigenvalue weighted by atomic mass is 10.2. The number of benzene rings is 2. The van der Waals surface area contributed by atoms with Gasteiger partial charge in [-0.15, -0.1) is 11.8 Å². The highest BCUT2D eigenvalue weighted by molar-refractivity contribution is 8.01. The van der Waals surface area contributed by atoms with E-state index in [2.05, 4.69) is 10.6 Å². The first-order chi connectivity index (χ1) is 11.0. The van der Waals surface area contributed by atoms with Crippen LogP contribution in [0.4, 0.5) is 11.4 Å². The number of amides is 2. The Morgan fingerprint density at radius 2 is 1.87 bits per heavy atom. The summed E-state index contributed by atoms with van der Waals surface area (Å²) in [6.07, 6.45) is 0.0645. The molecule has 0 saturated heterocycles. The minimum Gasteiger partial charge on any atom is -0.326 e. The van der Waals surface area contributed by atoms with Gasteiger partial charge >= 0.3 is 0 Å². The number of thioether (sulfide) groups is 1. The number of hydrogen-bond acceptors (Lipinski definition) is 3. The van der Waals surface area contributed by atoms with Gasteiger partial charge in [0, 0.05) is 27.0 Å². The van der Waals surface area contributed by atoms with Gasteiger partial charge in [0.2, 0.25) is 11.8 Å². The fourth-order valence-electron chi connectivity index (χ4n) is 2.23. The van der Waals surface area contributed by atoms with Crippen molar-refractivity contribution in [3.63, 3.8) is 0 Å². The summed E-state index contributed by atoms with van der Waals surface area (Å²) in [5.41, 5.74) is 1.29. The Kier molecular flexibility index (Phi) is 4.80. The van der Waals surface area contributed by atoms with E-state index < -0.39 is 5.25 Å². The predicted octanol–water partition coefficient (Wildman–Crippen LogP) is 4.44. The van der Waals surface area contributed by atoms with Crippen molar-refractivity contribution < 1.29 is 9.59 Å². The van der Waals surface area contributed by atoms with Gasteiger partial charge in [-0.2, -0.15) is 0 Å². The van der Waals surface area contributed by atoms with Crippen LogP contribution >= 0.6 is 35.0 Å². The molecule has 7 heteroatoms. The highest BCUT2D eigenvalue weighted by Gasteiger charge is 2.28. The minimum absolute atomic E-state index is 0.0645. The number of anilines is 2. The Labute approximate surface area is 147 Å². The average Bonchev–Trinajstić information content (AvgIpc) is 2.46. The molecule has 1 heterocycles.